The number of piperidine rings is 2. The second-order valence-corrected chi connectivity index (χ2v) is 12.9. The van der Waals surface area contributed by atoms with Crippen molar-refractivity contribution >= 4 is 39.0 Å². The lowest BCUT2D eigenvalue weighted by Crippen LogP contribution is -2.44. The van der Waals surface area contributed by atoms with Gasteiger partial charge in [0.05, 0.1) is 24.4 Å². The molecule has 10 heteroatoms. The average Bonchev–Trinajstić information content (AvgIpc) is 3.39. The van der Waals surface area contributed by atoms with Gasteiger partial charge in [-0.15, -0.1) is 11.3 Å². The van der Waals surface area contributed by atoms with Crippen molar-refractivity contribution in [2.45, 2.75) is 57.0 Å². The summed E-state index contributed by atoms with van der Waals surface area (Å²) in [6.07, 6.45) is 9.08. The van der Waals surface area contributed by atoms with Gasteiger partial charge in [-0.1, -0.05) is 6.07 Å². The molecule has 226 valence electrons. The van der Waals surface area contributed by atoms with Gasteiger partial charge in [-0.25, -0.2) is 4.98 Å². The number of thiazole rings is 1. The molecule has 5 heterocycles. The molecule has 0 bridgehead atoms. The first-order chi connectivity index (χ1) is 20.6. The van der Waals surface area contributed by atoms with E-state index in [1.54, 1.807) is 18.4 Å². The van der Waals surface area contributed by atoms with Crippen molar-refractivity contribution in [1.82, 2.24) is 25.1 Å². The van der Waals surface area contributed by atoms with Crippen LogP contribution < -0.4 is 19.9 Å². The Morgan fingerprint density at radius 1 is 1.00 bits per heavy atom. The molecule has 3 aliphatic rings. The number of pyridine rings is 1. The number of carbonyl (C=O) groups is 1. The molecule has 9 nitrogen and oxygen atoms in total. The van der Waals surface area contributed by atoms with E-state index in [9.17, 15) is 4.79 Å². The first-order valence-corrected chi connectivity index (χ1v) is 16.6. The maximum absolute atomic E-state index is 13.5. The van der Waals surface area contributed by atoms with Crippen LogP contribution in [0.25, 0.3) is 10.9 Å². The second-order valence-electron chi connectivity index (χ2n) is 12.0. The monoisotopic (exact) mass is 591 g/mol. The van der Waals surface area contributed by atoms with Crippen molar-refractivity contribution in [1.29, 1.82) is 0 Å². The van der Waals surface area contributed by atoms with Crippen LogP contribution >= 0.6 is 11.3 Å². The topological polar surface area (TPSA) is 77.1 Å². The SMILES string of the molecule is COc1ccc2cccnc2c1N1CCCN(C(CC(=O)NC2CCN(C)CC2)c2csc(N3CCCCC3)n2)CC1. The highest BCUT2D eigenvalue weighted by Crippen LogP contribution is 2.37. The molecule has 2 aromatic heterocycles. The van der Waals surface area contributed by atoms with Crippen LogP contribution in [0.5, 0.6) is 5.75 Å². The van der Waals surface area contributed by atoms with Crippen LogP contribution in [0.2, 0.25) is 0 Å². The number of nitrogens with zero attached hydrogens (tertiary/aromatic N) is 6. The van der Waals surface area contributed by atoms with E-state index in [0.717, 1.165) is 105 Å². The van der Waals surface area contributed by atoms with Crippen LogP contribution in [0.1, 0.15) is 56.7 Å². The minimum Gasteiger partial charge on any atom is -0.494 e. The maximum atomic E-state index is 13.5. The van der Waals surface area contributed by atoms with E-state index in [1.165, 1.54) is 19.3 Å². The van der Waals surface area contributed by atoms with Crippen LogP contribution in [-0.2, 0) is 4.79 Å². The number of fused-ring (bicyclic) bond motifs is 1. The Bertz CT molecular complexity index is 1340. The predicted octanol–water partition coefficient (Wildman–Crippen LogP) is 4.54. The summed E-state index contributed by atoms with van der Waals surface area (Å²) in [5, 5.41) is 7.80. The third-order valence-electron chi connectivity index (χ3n) is 9.16. The van der Waals surface area contributed by atoms with E-state index in [1.807, 2.05) is 12.3 Å². The van der Waals surface area contributed by atoms with Crippen LogP contribution in [0.3, 0.4) is 0 Å². The maximum Gasteiger partial charge on any atom is 0.222 e. The molecule has 3 fully saturated rings. The Hall–Kier alpha value is -2.95. The molecular weight excluding hydrogens is 546 g/mol. The Morgan fingerprint density at radius 3 is 2.62 bits per heavy atom. The molecule has 0 radical (unpaired) electrons. The summed E-state index contributed by atoms with van der Waals surface area (Å²) < 4.78 is 5.82. The fraction of sp³-hybridized carbons (Fsp3) is 0.594. The van der Waals surface area contributed by atoms with Gasteiger partial charge in [-0.3, -0.25) is 14.7 Å². The zero-order valence-corrected chi connectivity index (χ0v) is 25.9. The van der Waals surface area contributed by atoms with Crippen molar-refractivity contribution < 1.29 is 9.53 Å². The van der Waals surface area contributed by atoms with Crippen LogP contribution in [0.15, 0.2) is 35.8 Å². The molecule has 0 aliphatic carbocycles. The minimum absolute atomic E-state index is 0.0430. The molecule has 1 atom stereocenters. The average molecular weight is 592 g/mol. The normalized spacial score (nSPS) is 20.4. The number of nitrogens with one attached hydrogen (secondary N) is 1. The van der Waals surface area contributed by atoms with Gasteiger partial charge in [0.15, 0.2) is 5.13 Å². The molecule has 3 saturated heterocycles. The van der Waals surface area contributed by atoms with Crippen molar-refractivity contribution in [3.05, 3.63) is 41.5 Å². The van der Waals surface area contributed by atoms with Gasteiger partial charge in [0.1, 0.15) is 11.4 Å². The summed E-state index contributed by atoms with van der Waals surface area (Å²) in [4.78, 5) is 33.1. The summed E-state index contributed by atoms with van der Waals surface area (Å²) in [5.74, 6) is 0.998. The van der Waals surface area contributed by atoms with E-state index < -0.39 is 0 Å². The van der Waals surface area contributed by atoms with Gasteiger partial charge in [-0.05, 0) is 76.9 Å². The van der Waals surface area contributed by atoms with Crippen LogP contribution in [0.4, 0.5) is 10.8 Å². The number of carbonyl (C=O) groups excluding carboxylic acids is 1. The quantitative estimate of drug-likeness (QED) is 0.409. The van der Waals surface area contributed by atoms with E-state index in [2.05, 4.69) is 55.5 Å². The van der Waals surface area contributed by atoms with Crippen LogP contribution in [-0.4, -0.2) is 98.2 Å². The third kappa shape index (κ3) is 6.66. The van der Waals surface area contributed by atoms with Gasteiger partial charge < -0.3 is 24.8 Å². The number of benzene rings is 1. The first-order valence-electron chi connectivity index (χ1n) is 15.7. The summed E-state index contributed by atoms with van der Waals surface area (Å²) >= 11 is 1.74. The Kier molecular flexibility index (Phi) is 9.41. The van der Waals surface area contributed by atoms with Crippen LogP contribution in [0, 0.1) is 0 Å². The summed E-state index contributed by atoms with van der Waals surface area (Å²) in [7, 11) is 3.89. The number of hydrogen-bond donors (Lipinski definition) is 1. The zero-order chi connectivity index (χ0) is 28.9. The lowest BCUT2D eigenvalue weighted by atomic mass is 10.0. The summed E-state index contributed by atoms with van der Waals surface area (Å²) in [6.45, 7) is 7.73. The Morgan fingerprint density at radius 2 is 1.81 bits per heavy atom. The first kappa shape index (κ1) is 29.1. The summed E-state index contributed by atoms with van der Waals surface area (Å²) in [6, 6.07) is 8.44. The van der Waals surface area contributed by atoms with Gasteiger partial charge in [-0.2, -0.15) is 0 Å². The van der Waals surface area contributed by atoms with Gasteiger partial charge in [0, 0.05) is 68.7 Å². The van der Waals surface area contributed by atoms with Crippen molar-refractivity contribution in [2.24, 2.45) is 0 Å². The fourth-order valence-corrected chi connectivity index (χ4v) is 7.68. The number of hydrogen-bond acceptors (Lipinski definition) is 9. The molecule has 3 aliphatic heterocycles. The standard InChI is InChI=1S/C32H45N7O2S/c1-36-18-11-25(12-19-36)34-29(40)22-27(26-23-42-32(35-26)39-14-4-3-5-15-39)37-16-7-17-38(21-20-37)31-28(41-2)10-9-24-8-6-13-33-30(24)31/h6,8-10,13,23,25,27H,3-5,7,11-12,14-22H2,1-2H3,(H,34,40). The van der Waals surface area contributed by atoms with Gasteiger partial charge >= 0.3 is 0 Å². The predicted molar refractivity (Wildman–Crippen MR) is 171 cm³/mol. The molecule has 0 spiro atoms. The number of rotatable bonds is 8. The fourth-order valence-electron chi connectivity index (χ4n) is 6.75. The number of likely N-dealkylation sites (tertiary alicyclic amines) is 1. The lowest BCUT2D eigenvalue weighted by Gasteiger charge is -2.32. The zero-order valence-electron chi connectivity index (χ0n) is 25.1. The highest BCUT2D eigenvalue weighted by atomic mass is 32.1. The molecule has 1 N–H and O–H groups in total. The number of methoxy groups -OCH3 is 1. The van der Waals surface area contributed by atoms with Crippen molar-refractivity contribution in [3.63, 3.8) is 0 Å². The lowest BCUT2D eigenvalue weighted by molar-refractivity contribution is -0.123. The molecule has 1 unspecified atom stereocenters. The Balaban J connectivity index is 1.22. The highest BCUT2D eigenvalue weighted by molar-refractivity contribution is 7.13. The van der Waals surface area contributed by atoms with E-state index >= 15 is 0 Å². The van der Waals surface area contributed by atoms with E-state index in [-0.39, 0.29) is 18.0 Å². The molecule has 6 rings (SSSR count). The van der Waals surface area contributed by atoms with E-state index in [4.69, 9.17) is 14.7 Å². The Labute approximate surface area is 253 Å². The summed E-state index contributed by atoms with van der Waals surface area (Å²) in [5.41, 5.74) is 3.08. The minimum atomic E-state index is -0.0430. The largest absolute Gasteiger partial charge is 0.494 e. The van der Waals surface area contributed by atoms with E-state index in [0.29, 0.717) is 6.42 Å². The molecule has 1 aromatic carbocycles. The number of aromatic nitrogens is 2. The number of amides is 1. The van der Waals surface area contributed by atoms with Gasteiger partial charge in [0.25, 0.3) is 0 Å². The molecule has 1 amide bonds. The molecule has 42 heavy (non-hydrogen) atoms. The molecule has 0 saturated carbocycles. The van der Waals surface area contributed by atoms with Crippen molar-refractivity contribution in [3.8, 4) is 5.75 Å². The second kappa shape index (κ2) is 13.6. The molecule has 3 aromatic rings. The smallest absolute Gasteiger partial charge is 0.222 e. The number of anilines is 2. The molecular formula is C32H45N7O2S. The third-order valence-corrected chi connectivity index (χ3v) is 10.1. The highest BCUT2D eigenvalue weighted by Gasteiger charge is 2.30. The number of ether oxygens (including phenoxy) is 1. The van der Waals surface area contributed by atoms with Gasteiger partial charge in [0.2, 0.25) is 5.91 Å². The van der Waals surface area contributed by atoms with Crippen molar-refractivity contribution in [2.75, 3.05) is 76.3 Å².